The van der Waals surface area contributed by atoms with Crippen molar-refractivity contribution in [2.24, 2.45) is 0 Å². The number of nitriles is 1. The van der Waals surface area contributed by atoms with Crippen molar-refractivity contribution in [2.45, 2.75) is 63.5 Å². The van der Waals surface area contributed by atoms with Crippen LogP contribution in [-0.2, 0) is 17.8 Å². The number of likely N-dealkylation sites (N-methyl/N-ethyl adjacent to an activating group) is 1. The zero-order valence-electron chi connectivity index (χ0n) is 24.7. The quantitative estimate of drug-likeness (QED) is 0.364. The number of piperazine rings is 1. The number of halogens is 5. The van der Waals surface area contributed by atoms with E-state index in [4.69, 9.17) is 26.3 Å². The molecule has 45 heavy (non-hydrogen) atoms. The standard InChI is InChI=1S/C29H32BrClF3N9O2/c1-16-10-22-19(12-36-39-22)24(25(16)31)23-11-21-20(14-43(23)30)26(38-28(37-21)45-15-18-4-3-7-40(18)2)41-8-9-42(17(13-41)5-6-35)27(44)29(32,33)34/h10,12,17-18,23H,3-5,7-9,11,13-15H2,1-2H3,(H,36,39)/t17-,18-,23?/m0/s1. The number of amides is 1. The second kappa shape index (κ2) is 12.5. The Bertz CT molecular complexity index is 1650. The number of carbonyl (C=O) groups is 1. The molecule has 1 aromatic carbocycles. The number of nitrogens with zero attached hydrogens (tertiary/aromatic N) is 8. The second-order valence-electron chi connectivity index (χ2n) is 11.8. The van der Waals surface area contributed by atoms with Gasteiger partial charge >= 0.3 is 18.1 Å². The lowest BCUT2D eigenvalue weighted by Gasteiger charge is -2.42. The first-order valence-electron chi connectivity index (χ1n) is 14.7. The molecule has 3 atom stereocenters. The Morgan fingerprint density at radius 1 is 1.27 bits per heavy atom. The predicted molar refractivity (Wildman–Crippen MR) is 164 cm³/mol. The van der Waals surface area contributed by atoms with Gasteiger partial charge in [0.05, 0.1) is 42.0 Å². The van der Waals surface area contributed by atoms with Gasteiger partial charge in [-0.15, -0.1) is 0 Å². The van der Waals surface area contributed by atoms with Crippen LogP contribution in [0.4, 0.5) is 19.0 Å². The highest BCUT2D eigenvalue weighted by atomic mass is 79.9. The van der Waals surface area contributed by atoms with Gasteiger partial charge in [-0.3, -0.25) is 9.89 Å². The van der Waals surface area contributed by atoms with Crippen molar-refractivity contribution in [1.82, 2.24) is 33.9 Å². The zero-order valence-corrected chi connectivity index (χ0v) is 27.1. The number of rotatable bonds is 6. The number of hydrogen-bond acceptors (Lipinski definition) is 9. The fourth-order valence-corrected chi connectivity index (χ4v) is 7.50. The van der Waals surface area contributed by atoms with Crippen LogP contribution >= 0.6 is 27.7 Å². The highest BCUT2D eigenvalue weighted by molar-refractivity contribution is 9.07. The molecule has 11 nitrogen and oxygen atoms in total. The van der Waals surface area contributed by atoms with Crippen LogP contribution in [0.3, 0.4) is 0 Å². The van der Waals surface area contributed by atoms with Crippen molar-refractivity contribution in [3.8, 4) is 12.1 Å². The lowest BCUT2D eigenvalue weighted by molar-refractivity contribution is -0.188. The molecule has 1 amide bonds. The average Bonchev–Trinajstić information content (AvgIpc) is 3.64. The molecule has 0 radical (unpaired) electrons. The van der Waals surface area contributed by atoms with Gasteiger partial charge in [0.15, 0.2) is 0 Å². The molecule has 1 N–H and O–H groups in total. The van der Waals surface area contributed by atoms with Gasteiger partial charge in [-0.25, -0.2) is 3.93 Å². The number of aryl methyl sites for hydroxylation is 1. The normalized spacial score (nSPS) is 22.9. The van der Waals surface area contributed by atoms with Gasteiger partial charge in [-0.2, -0.15) is 33.5 Å². The van der Waals surface area contributed by atoms with E-state index in [1.54, 1.807) is 6.20 Å². The van der Waals surface area contributed by atoms with E-state index in [1.807, 2.05) is 27.9 Å². The fraction of sp³-hybridized carbons (Fsp3) is 0.552. The smallest absolute Gasteiger partial charge is 0.462 e. The van der Waals surface area contributed by atoms with E-state index in [0.717, 1.165) is 57.6 Å². The van der Waals surface area contributed by atoms with E-state index in [2.05, 4.69) is 38.3 Å². The number of aromatic nitrogens is 4. The van der Waals surface area contributed by atoms with E-state index < -0.39 is 18.1 Å². The third-order valence-corrected chi connectivity index (χ3v) is 10.3. The van der Waals surface area contributed by atoms with E-state index in [1.165, 1.54) is 0 Å². The molecular weight excluding hydrogens is 679 g/mol. The Balaban J connectivity index is 1.37. The van der Waals surface area contributed by atoms with Gasteiger partial charge in [0.25, 0.3) is 0 Å². The molecule has 3 aliphatic heterocycles. The second-order valence-corrected chi connectivity index (χ2v) is 13.1. The molecule has 0 aliphatic carbocycles. The summed E-state index contributed by atoms with van der Waals surface area (Å²) in [4.78, 5) is 26.7. The van der Waals surface area contributed by atoms with Crippen molar-refractivity contribution < 1.29 is 22.7 Å². The summed E-state index contributed by atoms with van der Waals surface area (Å²) in [6.07, 6.45) is -1.02. The highest BCUT2D eigenvalue weighted by Crippen LogP contribution is 2.44. The van der Waals surface area contributed by atoms with Crippen molar-refractivity contribution in [3.63, 3.8) is 0 Å². The number of aromatic amines is 1. The molecule has 3 aromatic rings. The number of nitrogens with one attached hydrogen (secondary N) is 1. The largest absolute Gasteiger partial charge is 0.471 e. The molecule has 2 fully saturated rings. The monoisotopic (exact) mass is 709 g/mol. The Morgan fingerprint density at radius 3 is 2.78 bits per heavy atom. The van der Waals surface area contributed by atoms with Gasteiger partial charge in [-0.1, -0.05) is 11.6 Å². The highest BCUT2D eigenvalue weighted by Gasteiger charge is 2.46. The molecule has 5 heterocycles. The molecule has 3 aliphatic rings. The average molecular weight is 711 g/mol. The number of likely N-dealkylation sites (tertiary alicyclic amines) is 1. The minimum absolute atomic E-state index is 0.00863. The summed E-state index contributed by atoms with van der Waals surface area (Å²) >= 11 is 10.6. The van der Waals surface area contributed by atoms with Gasteiger partial charge < -0.3 is 19.4 Å². The maximum absolute atomic E-state index is 13.4. The molecular formula is C29H32BrClF3N9O2. The number of ether oxygens (including phenoxy) is 1. The Kier molecular flexibility index (Phi) is 8.86. The molecule has 6 rings (SSSR count). The van der Waals surface area contributed by atoms with Crippen LogP contribution in [0.1, 0.15) is 47.7 Å². The van der Waals surface area contributed by atoms with Gasteiger partial charge in [0, 0.05) is 76.3 Å². The number of benzene rings is 1. The molecule has 2 saturated heterocycles. The summed E-state index contributed by atoms with van der Waals surface area (Å²) in [6, 6.07) is 3.11. The minimum Gasteiger partial charge on any atom is -0.462 e. The first-order chi connectivity index (χ1) is 21.5. The third-order valence-electron chi connectivity index (χ3n) is 9.01. The lowest BCUT2D eigenvalue weighted by Crippen LogP contribution is -2.58. The molecule has 0 bridgehead atoms. The molecule has 2 aromatic heterocycles. The van der Waals surface area contributed by atoms with Gasteiger partial charge in [0.1, 0.15) is 12.4 Å². The summed E-state index contributed by atoms with van der Waals surface area (Å²) in [5.41, 5.74) is 4.17. The molecule has 1 unspecified atom stereocenters. The van der Waals surface area contributed by atoms with Gasteiger partial charge in [-0.05, 0) is 45.0 Å². The van der Waals surface area contributed by atoms with Crippen LogP contribution in [0.15, 0.2) is 12.3 Å². The minimum atomic E-state index is -5.03. The van der Waals surface area contributed by atoms with Crippen molar-refractivity contribution in [2.75, 3.05) is 44.7 Å². The topological polar surface area (TPSA) is 118 Å². The van der Waals surface area contributed by atoms with Crippen LogP contribution in [-0.4, -0.2) is 97.9 Å². The van der Waals surface area contributed by atoms with E-state index in [9.17, 15) is 23.2 Å². The van der Waals surface area contributed by atoms with Crippen LogP contribution in [0.5, 0.6) is 6.01 Å². The Morgan fingerprint density at radius 2 is 2.07 bits per heavy atom. The van der Waals surface area contributed by atoms with Crippen LogP contribution in [0.2, 0.25) is 5.02 Å². The number of hydrogen-bond donors (Lipinski definition) is 1. The molecule has 240 valence electrons. The summed E-state index contributed by atoms with van der Waals surface area (Å²) in [7, 11) is 2.05. The Labute approximate surface area is 271 Å². The Hall–Kier alpha value is -3.19. The van der Waals surface area contributed by atoms with E-state index in [0.29, 0.717) is 30.4 Å². The number of fused-ring (bicyclic) bond motifs is 2. The number of alkyl halides is 3. The fourth-order valence-electron chi connectivity index (χ4n) is 6.61. The first kappa shape index (κ1) is 31.8. The van der Waals surface area contributed by atoms with E-state index in [-0.39, 0.29) is 44.1 Å². The third kappa shape index (κ3) is 6.17. The summed E-state index contributed by atoms with van der Waals surface area (Å²) in [5, 5.41) is 18.2. The van der Waals surface area contributed by atoms with Crippen LogP contribution < -0.4 is 9.64 Å². The first-order valence-corrected chi connectivity index (χ1v) is 15.8. The zero-order chi connectivity index (χ0) is 32.0. The maximum atomic E-state index is 13.4. The number of carbonyl (C=O) groups excluding carboxylic acids is 1. The summed E-state index contributed by atoms with van der Waals surface area (Å²) < 4.78 is 48.3. The van der Waals surface area contributed by atoms with Crippen LogP contribution in [0, 0.1) is 18.3 Å². The number of anilines is 1. The van der Waals surface area contributed by atoms with Gasteiger partial charge in [0.2, 0.25) is 0 Å². The SMILES string of the molecule is Cc1cc2[nH]ncc2c(C2Cc3nc(OC[C@@H]4CCCN4C)nc(N4CCN(C(=O)C(F)(F)F)[C@@H](CC#N)C4)c3CN2Br)c1Cl. The molecule has 16 heteroatoms. The molecule has 0 saturated carbocycles. The lowest BCUT2D eigenvalue weighted by atomic mass is 9.92. The maximum Gasteiger partial charge on any atom is 0.471 e. The van der Waals surface area contributed by atoms with Crippen molar-refractivity contribution >= 4 is 50.4 Å². The van der Waals surface area contributed by atoms with Crippen molar-refractivity contribution in [1.29, 1.82) is 5.26 Å². The summed E-state index contributed by atoms with van der Waals surface area (Å²) in [6.45, 7) is 3.58. The van der Waals surface area contributed by atoms with Crippen LogP contribution in [0.25, 0.3) is 10.9 Å². The predicted octanol–water partition coefficient (Wildman–Crippen LogP) is 4.69. The summed E-state index contributed by atoms with van der Waals surface area (Å²) in [5.74, 6) is -1.42. The molecule has 0 spiro atoms. The van der Waals surface area contributed by atoms with E-state index >= 15 is 0 Å². The number of H-pyrrole nitrogens is 1. The van der Waals surface area contributed by atoms with Crippen molar-refractivity contribution in [3.05, 3.63) is 39.7 Å².